The first-order valence-corrected chi connectivity index (χ1v) is 7.22. The predicted molar refractivity (Wildman–Crippen MR) is 77.1 cm³/mol. The van der Waals surface area contributed by atoms with Crippen LogP contribution in [-0.4, -0.2) is 30.7 Å². The molecule has 1 atom stereocenters. The second-order valence-electron chi connectivity index (χ2n) is 5.19. The molecule has 0 spiro atoms. The Balaban J connectivity index is 2.05. The molecule has 1 aliphatic heterocycles. The minimum atomic E-state index is 0.610. The average Bonchev–Trinajstić information content (AvgIpc) is 2.40. The van der Waals surface area contributed by atoms with Gasteiger partial charge in [0.1, 0.15) is 5.82 Å². The van der Waals surface area contributed by atoms with Gasteiger partial charge in [-0.25, -0.2) is 4.98 Å². The van der Waals surface area contributed by atoms with Gasteiger partial charge in [-0.1, -0.05) is 13.0 Å². The summed E-state index contributed by atoms with van der Waals surface area (Å²) in [4.78, 5) is 7.08. The molecule has 1 fully saturated rings. The van der Waals surface area contributed by atoms with E-state index in [9.17, 15) is 0 Å². The van der Waals surface area contributed by atoms with Crippen LogP contribution < -0.4 is 10.2 Å². The summed E-state index contributed by atoms with van der Waals surface area (Å²) >= 11 is 0. The van der Waals surface area contributed by atoms with Crippen molar-refractivity contribution in [2.45, 2.75) is 45.6 Å². The topological polar surface area (TPSA) is 28.2 Å². The highest BCUT2D eigenvalue weighted by atomic mass is 15.2. The van der Waals surface area contributed by atoms with Crippen molar-refractivity contribution in [3.05, 3.63) is 23.9 Å². The lowest BCUT2D eigenvalue weighted by Crippen LogP contribution is -2.46. The van der Waals surface area contributed by atoms with Gasteiger partial charge < -0.3 is 10.2 Å². The van der Waals surface area contributed by atoms with Gasteiger partial charge in [-0.2, -0.15) is 0 Å². The van der Waals surface area contributed by atoms with Gasteiger partial charge in [-0.05, 0) is 50.8 Å². The molecule has 100 valence electrons. The van der Waals surface area contributed by atoms with E-state index in [0.29, 0.717) is 6.04 Å². The van der Waals surface area contributed by atoms with E-state index in [-0.39, 0.29) is 0 Å². The number of piperidine rings is 1. The third-order valence-corrected chi connectivity index (χ3v) is 3.69. The number of pyridine rings is 1. The van der Waals surface area contributed by atoms with Gasteiger partial charge >= 0.3 is 0 Å². The summed E-state index contributed by atoms with van der Waals surface area (Å²) in [7, 11) is 0. The van der Waals surface area contributed by atoms with Crippen molar-refractivity contribution < 1.29 is 0 Å². The summed E-state index contributed by atoms with van der Waals surface area (Å²) in [5, 5.41) is 3.55. The lowest BCUT2D eigenvalue weighted by Gasteiger charge is -2.37. The quantitative estimate of drug-likeness (QED) is 0.811. The lowest BCUT2D eigenvalue weighted by molar-refractivity contribution is 0.432. The van der Waals surface area contributed by atoms with Gasteiger partial charge in [0.2, 0.25) is 0 Å². The molecule has 0 aliphatic carbocycles. The van der Waals surface area contributed by atoms with E-state index >= 15 is 0 Å². The van der Waals surface area contributed by atoms with Crippen molar-refractivity contribution in [1.29, 1.82) is 0 Å². The highest BCUT2D eigenvalue weighted by molar-refractivity contribution is 5.47. The van der Waals surface area contributed by atoms with E-state index in [1.165, 1.54) is 37.1 Å². The van der Waals surface area contributed by atoms with Crippen LogP contribution in [-0.2, 0) is 0 Å². The number of nitrogens with one attached hydrogen (secondary N) is 1. The predicted octanol–water partition coefficient (Wildman–Crippen LogP) is 2.75. The van der Waals surface area contributed by atoms with Gasteiger partial charge in [0.15, 0.2) is 0 Å². The second kappa shape index (κ2) is 6.74. The zero-order valence-electron chi connectivity index (χ0n) is 11.7. The minimum Gasteiger partial charge on any atom is -0.352 e. The number of nitrogens with zero attached hydrogens (tertiary/aromatic N) is 2. The van der Waals surface area contributed by atoms with E-state index < -0.39 is 0 Å². The Labute approximate surface area is 111 Å². The summed E-state index contributed by atoms with van der Waals surface area (Å²) in [5.74, 6) is 1.18. The maximum atomic E-state index is 4.58. The Morgan fingerprint density at radius 3 is 3.11 bits per heavy atom. The molecule has 18 heavy (non-hydrogen) atoms. The molecular formula is C15H25N3. The molecule has 1 aromatic heterocycles. The molecule has 1 aliphatic rings. The Morgan fingerprint density at radius 2 is 2.33 bits per heavy atom. The molecule has 1 unspecified atom stereocenters. The van der Waals surface area contributed by atoms with Crippen LogP contribution in [0.4, 0.5) is 5.82 Å². The van der Waals surface area contributed by atoms with E-state index in [2.05, 4.69) is 35.1 Å². The van der Waals surface area contributed by atoms with Crippen LogP contribution in [0.5, 0.6) is 0 Å². The first-order chi connectivity index (χ1) is 8.83. The molecule has 0 saturated carbocycles. The van der Waals surface area contributed by atoms with Crippen molar-refractivity contribution in [2.75, 3.05) is 24.5 Å². The third-order valence-electron chi connectivity index (χ3n) is 3.69. The summed E-state index contributed by atoms with van der Waals surface area (Å²) < 4.78 is 0. The highest BCUT2D eigenvalue weighted by Crippen LogP contribution is 2.25. The molecule has 3 heteroatoms. The van der Waals surface area contributed by atoms with Crippen molar-refractivity contribution in [3.63, 3.8) is 0 Å². The Hall–Kier alpha value is -1.09. The van der Waals surface area contributed by atoms with Crippen molar-refractivity contribution in [2.24, 2.45) is 0 Å². The molecule has 1 saturated heterocycles. The van der Waals surface area contributed by atoms with E-state index in [4.69, 9.17) is 0 Å². The Bertz CT molecular complexity index is 365. The average molecular weight is 247 g/mol. The van der Waals surface area contributed by atoms with E-state index in [1.54, 1.807) is 0 Å². The van der Waals surface area contributed by atoms with Gasteiger partial charge in [0, 0.05) is 25.3 Å². The fourth-order valence-electron chi connectivity index (χ4n) is 2.72. The standard InChI is InChI=1S/C15H25N3/c1-3-9-16-12-14-8-4-5-11-18(14)15-13(2)7-6-10-17-15/h6-7,10,14,16H,3-5,8-9,11-12H2,1-2H3. The SMILES string of the molecule is CCCNCC1CCCCN1c1ncccc1C. The van der Waals surface area contributed by atoms with Crippen molar-refractivity contribution >= 4 is 5.82 Å². The summed E-state index contributed by atoms with van der Waals surface area (Å²) in [6.07, 6.45) is 7.04. The molecule has 0 aromatic carbocycles. The molecule has 1 aromatic rings. The molecule has 0 radical (unpaired) electrons. The van der Waals surface area contributed by atoms with Crippen LogP contribution in [0.2, 0.25) is 0 Å². The van der Waals surface area contributed by atoms with Crippen LogP contribution in [0.3, 0.4) is 0 Å². The van der Waals surface area contributed by atoms with Crippen LogP contribution in [0, 0.1) is 6.92 Å². The Kier molecular flexibility index (Phi) is 5.00. The summed E-state index contributed by atoms with van der Waals surface area (Å²) in [6, 6.07) is 4.79. The maximum Gasteiger partial charge on any atom is 0.131 e. The van der Waals surface area contributed by atoms with Crippen LogP contribution in [0.25, 0.3) is 0 Å². The molecular weight excluding hydrogens is 222 g/mol. The zero-order valence-corrected chi connectivity index (χ0v) is 11.7. The molecule has 0 bridgehead atoms. The number of hydrogen-bond acceptors (Lipinski definition) is 3. The van der Waals surface area contributed by atoms with Crippen LogP contribution >= 0.6 is 0 Å². The largest absolute Gasteiger partial charge is 0.352 e. The minimum absolute atomic E-state index is 0.610. The van der Waals surface area contributed by atoms with Gasteiger partial charge in [-0.15, -0.1) is 0 Å². The normalized spacial score (nSPS) is 20.1. The fourth-order valence-corrected chi connectivity index (χ4v) is 2.72. The van der Waals surface area contributed by atoms with E-state index in [1.807, 2.05) is 12.3 Å². The van der Waals surface area contributed by atoms with Gasteiger partial charge in [0.05, 0.1) is 0 Å². The smallest absolute Gasteiger partial charge is 0.131 e. The fraction of sp³-hybridized carbons (Fsp3) is 0.667. The monoisotopic (exact) mass is 247 g/mol. The van der Waals surface area contributed by atoms with Crippen molar-refractivity contribution in [3.8, 4) is 0 Å². The zero-order chi connectivity index (χ0) is 12.8. The molecule has 2 heterocycles. The number of hydrogen-bond donors (Lipinski definition) is 1. The lowest BCUT2D eigenvalue weighted by atomic mass is 10.0. The first kappa shape index (κ1) is 13.3. The van der Waals surface area contributed by atoms with E-state index in [0.717, 1.165) is 19.6 Å². The van der Waals surface area contributed by atoms with Gasteiger partial charge in [-0.3, -0.25) is 0 Å². The number of aryl methyl sites for hydroxylation is 1. The molecule has 0 amide bonds. The molecule has 2 rings (SSSR count). The number of anilines is 1. The first-order valence-electron chi connectivity index (χ1n) is 7.22. The molecule has 3 nitrogen and oxygen atoms in total. The van der Waals surface area contributed by atoms with Crippen molar-refractivity contribution in [1.82, 2.24) is 10.3 Å². The third kappa shape index (κ3) is 3.22. The number of aromatic nitrogens is 1. The maximum absolute atomic E-state index is 4.58. The highest BCUT2D eigenvalue weighted by Gasteiger charge is 2.23. The Morgan fingerprint density at radius 1 is 1.44 bits per heavy atom. The van der Waals surface area contributed by atoms with Gasteiger partial charge in [0.25, 0.3) is 0 Å². The number of rotatable bonds is 5. The second-order valence-corrected chi connectivity index (χ2v) is 5.19. The summed E-state index contributed by atoms with van der Waals surface area (Å²) in [5.41, 5.74) is 1.29. The summed E-state index contributed by atoms with van der Waals surface area (Å²) in [6.45, 7) is 7.73. The van der Waals surface area contributed by atoms with Crippen LogP contribution in [0.15, 0.2) is 18.3 Å². The molecule has 1 N–H and O–H groups in total. The van der Waals surface area contributed by atoms with Crippen LogP contribution in [0.1, 0.15) is 38.2 Å².